The number of benzene rings is 2. The lowest BCUT2D eigenvalue weighted by atomic mass is 10.0. The van der Waals surface area contributed by atoms with Gasteiger partial charge < -0.3 is 15.5 Å². The Hall–Kier alpha value is -2.66. The lowest BCUT2D eigenvalue weighted by Gasteiger charge is -2.29. The third kappa shape index (κ3) is 4.45. The largest absolute Gasteiger partial charge is 0.344 e. The van der Waals surface area contributed by atoms with Crippen molar-refractivity contribution in [2.75, 3.05) is 25.5 Å². The van der Waals surface area contributed by atoms with Gasteiger partial charge in [-0.1, -0.05) is 48.5 Å². The summed E-state index contributed by atoms with van der Waals surface area (Å²) >= 11 is 0. The van der Waals surface area contributed by atoms with Crippen LogP contribution in [0.3, 0.4) is 0 Å². The van der Waals surface area contributed by atoms with E-state index in [-0.39, 0.29) is 6.04 Å². The number of carbonyl (C=O) groups is 2. The molecule has 3 rings (SSSR count). The fourth-order valence-corrected chi connectivity index (χ4v) is 3.18. The molecule has 1 saturated heterocycles. The number of hydrogen-bond acceptors (Lipinski definition) is 3. The van der Waals surface area contributed by atoms with Crippen molar-refractivity contribution in [1.82, 2.24) is 10.2 Å². The summed E-state index contributed by atoms with van der Waals surface area (Å²) in [5.74, 6) is -1.21. The van der Waals surface area contributed by atoms with Crippen molar-refractivity contribution in [3.05, 3.63) is 54.6 Å². The monoisotopic (exact) mass is 337 g/mol. The molecule has 1 fully saturated rings. The minimum Gasteiger partial charge on any atom is -0.344 e. The second-order valence-corrected chi connectivity index (χ2v) is 6.44. The molecule has 2 aromatic carbocycles. The molecule has 0 aromatic heterocycles. The predicted molar refractivity (Wildman–Crippen MR) is 99.2 cm³/mol. The average Bonchev–Trinajstić information content (AvgIpc) is 2.63. The average molecular weight is 337 g/mol. The minimum atomic E-state index is -0.628. The Morgan fingerprint density at radius 2 is 1.72 bits per heavy atom. The summed E-state index contributed by atoms with van der Waals surface area (Å²) in [7, 11) is 2.02. The van der Waals surface area contributed by atoms with Gasteiger partial charge in [0, 0.05) is 23.8 Å². The maximum absolute atomic E-state index is 12.3. The van der Waals surface area contributed by atoms with E-state index in [1.807, 2.05) is 61.6 Å². The SMILES string of the molecule is CN1CCC[C@H](NC(=O)C(=O)Nc2ccccc2-c2ccccc2)C1. The Morgan fingerprint density at radius 3 is 2.48 bits per heavy atom. The lowest BCUT2D eigenvalue weighted by molar-refractivity contribution is -0.136. The van der Waals surface area contributed by atoms with Crippen molar-refractivity contribution in [2.24, 2.45) is 0 Å². The van der Waals surface area contributed by atoms with Crippen LogP contribution in [0, 0.1) is 0 Å². The first-order chi connectivity index (χ1) is 12.1. The van der Waals surface area contributed by atoms with Crippen molar-refractivity contribution in [3.63, 3.8) is 0 Å². The van der Waals surface area contributed by atoms with Crippen LogP contribution in [-0.2, 0) is 9.59 Å². The van der Waals surface area contributed by atoms with E-state index in [1.54, 1.807) is 0 Å². The number of nitrogens with zero attached hydrogens (tertiary/aromatic N) is 1. The van der Waals surface area contributed by atoms with Crippen LogP contribution in [0.5, 0.6) is 0 Å². The van der Waals surface area contributed by atoms with Crippen LogP contribution >= 0.6 is 0 Å². The third-order valence-electron chi connectivity index (χ3n) is 4.43. The molecular formula is C20H23N3O2. The van der Waals surface area contributed by atoms with E-state index in [1.165, 1.54) is 0 Å². The Kier molecular flexibility index (Phi) is 5.46. The van der Waals surface area contributed by atoms with Gasteiger partial charge in [0.1, 0.15) is 0 Å². The fourth-order valence-electron chi connectivity index (χ4n) is 3.18. The second kappa shape index (κ2) is 7.94. The van der Waals surface area contributed by atoms with Crippen LogP contribution in [0.4, 0.5) is 5.69 Å². The molecule has 1 aliphatic rings. The first kappa shape index (κ1) is 17.2. The summed E-state index contributed by atoms with van der Waals surface area (Å²) in [6, 6.07) is 17.3. The number of anilines is 1. The summed E-state index contributed by atoms with van der Waals surface area (Å²) in [5, 5.41) is 5.58. The van der Waals surface area contributed by atoms with E-state index in [0.717, 1.165) is 37.1 Å². The molecule has 130 valence electrons. The highest BCUT2D eigenvalue weighted by Crippen LogP contribution is 2.27. The van der Waals surface area contributed by atoms with Crippen LogP contribution in [0.15, 0.2) is 54.6 Å². The number of hydrogen-bond donors (Lipinski definition) is 2. The topological polar surface area (TPSA) is 61.4 Å². The summed E-state index contributed by atoms with van der Waals surface area (Å²) in [4.78, 5) is 26.7. The van der Waals surface area contributed by atoms with E-state index in [2.05, 4.69) is 15.5 Å². The summed E-state index contributed by atoms with van der Waals surface area (Å²) in [6.45, 7) is 1.81. The number of carbonyl (C=O) groups excluding carboxylic acids is 2. The zero-order valence-corrected chi connectivity index (χ0v) is 14.4. The lowest BCUT2D eigenvalue weighted by Crippen LogP contribution is -2.49. The zero-order chi connectivity index (χ0) is 17.6. The number of para-hydroxylation sites is 1. The molecule has 2 N–H and O–H groups in total. The fraction of sp³-hybridized carbons (Fsp3) is 0.300. The van der Waals surface area contributed by atoms with Crippen molar-refractivity contribution in [1.29, 1.82) is 0 Å². The first-order valence-electron chi connectivity index (χ1n) is 8.58. The molecule has 0 saturated carbocycles. The zero-order valence-electron chi connectivity index (χ0n) is 14.4. The highest BCUT2D eigenvalue weighted by molar-refractivity contribution is 6.40. The number of likely N-dealkylation sites (N-methyl/N-ethyl adjacent to an activating group) is 1. The number of nitrogens with one attached hydrogen (secondary N) is 2. The molecule has 5 nitrogen and oxygen atoms in total. The van der Waals surface area contributed by atoms with E-state index in [0.29, 0.717) is 5.69 Å². The molecule has 1 heterocycles. The Morgan fingerprint density at radius 1 is 1.00 bits per heavy atom. The van der Waals surface area contributed by atoms with Gasteiger partial charge in [-0.05, 0) is 38.1 Å². The van der Waals surface area contributed by atoms with Crippen LogP contribution in [0.1, 0.15) is 12.8 Å². The smallest absolute Gasteiger partial charge is 0.313 e. The molecule has 1 aliphatic heterocycles. The molecule has 2 amide bonds. The third-order valence-corrected chi connectivity index (χ3v) is 4.43. The Labute approximate surface area is 148 Å². The normalized spacial score (nSPS) is 17.7. The maximum atomic E-state index is 12.3. The molecule has 0 unspecified atom stereocenters. The molecule has 5 heteroatoms. The first-order valence-corrected chi connectivity index (χ1v) is 8.58. The van der Waals surface area contributed by atoms with Crippen molar-refractivity contribution in [2.45, 2.75) is 18.9 Å². The van der Waals surface area contributed by atoms with Crippen LogP contribution in [0.25, 0.3) is 11.1 Å². The standard InChI is InChI=1S/C20H23N3O2/c1-23-13-7-10-16(14-23)21-19(24)20(25)22-18-12-6-5-11-17(18)15-8-3-2-4-9-15/h2-6,8-9,11-12,16H,7,10,13-14H2,1H3,(H,21,24)(H,22,25)/t16-/m0/s1. The van der Waals surface area contributed by atoms with E-state index < -0.39 is 11.8 Å². The van der Waals surface area contributed by atoms with Crippen LogP contribution in [-0.4, -0.2) is 42.9 Å². The van der Waals surface area contributed by atoms with Gasteiger partial charge >= 0.3 is 11.8 Å². The van der Waals surface area contributed by atoms with Crippen molar-refractivity contribution < 1.29 is 9.59 Å². The summed E-state index contributed by atoms with van der Waals surface area (Å²) in [5.41, 5.74) is 2.52. The van der Waals surface area contributed by atoms with Gasteiger partial charge in [0.15, 0.2) is 0 Å². The van der Waals surface area contributed by atoms with Gasteiger partial charge in [-0.2, -0.15) is 0 Å². The van der Waals surface area contributed by atoms with Gasteiger partial charge in [-0.15, -0.1) is 0 Å². The number of likely N-dealkylation sites (tertiary alicyclic amines) is 1. The number of rotatable bonds is 3. The van der Waals surface area contributed by atoms with Gasteiger partial charge in [0.2, 0.25) is 0 Å². The van der Waals surface area contributed by atoms with Crippen LogP contribution in [0.2, 0.25) is 0 Å². The molecule has 0 spiro atoms. The molecule has 2 aromatic rings. The molecular weight excluding hydrogens is 314 g/mol. The van der Waals surface area contributed by atoms with Crippen molar-refractivity contribution in [3.8, 4) is 11.1 Å². The number of amides is 2. The summed E-state index contributed by atoms with van der Waals surface area (Å²) in [6.07, 6.45) is 1.93. The molecule has 0 aliphatic carbocycles. The molecule has 25 heavy (non-hydrogen) atoms. The van der Waals surface area contributed by atoms with Gasteiger partial charge in [0.25, 0.3) is 0 Å². The molecule has 0 radical (unpaired) electrons. The van der Waals surface area contributed by atoms with Gasteiger partial charge in [-0.25, -0.2) is 0 Å². The summed E-state index contributed by atoms with van der Waals surface area (Å²) < 4.78 is 0. The Bertz CT molecular complexity index is 746. The quantitative estimate of drug-likeness (QED) is 0.846. The second-order valence-electron chi connectivity index (χ2n) is 6.44. The van der Waals surface area contributed by atoms with Gasteiger partial charge in [0.05, 0.1) is 0 Å². The highest BCUT2D eigenvalue weighted by atomic mass is 16.2. The van der Waals surface area contributed by atoms with E-state index >= 15 is 0 Å². The van der Waals surface area contributed by atoms with E-state index in [9.17, 15) is 9.59 Å². The van der Waals surface area contributed by atoms with Gasteiger partial charge in [-0.3, -0.25) is 9.59 Å². The highest BCUT2D eigenvalue weighted by Gasteiger charge is 2.23. The predicted octanol–water partition coefficient (Wildman–Crippen LogP) is 2.50. The van der Waals surface area contributed by atoms with Crippen LogP contribution < -0.4 is 10.6 Å². The number of piperidine rings is 1. The Balaban J connectivity index is 1.68. The maximum Gasteiger partial charge on any atom is 0.313 e. The van der Waals surface area contributed by atoms with Crippen molar-refractivity contribution >= 4 is 17.5 Å². The molecule has 0 bridgehead atoms. The molecule has 1 atom stereocenters. The minimum absolute atomic E-state index is 0.0290. The van der Waals surface area contributed by atoms with E-state index in [4.69, 9.17) is 0 Å².